The summed E-state index contributed by atoms with van der Waals surface area (Å²) in [6.45, 7) is 16.6. The van der Waals surface area contributed by atoms with Crippen LogP contribution in [-0.2, 0) is 15.3 Å². The van der Waals surface area contributed by atoms with Crippen LogP contribution in [0.25, 0.3) is 6.08 Å². The third-order valence-corrected chi connectivity index (χ3v) is 9.10. The van der Waals surface area contributed by atoms with Crippen LogP contribution >= 0.6 is 0 Å². The molecule has 0 aliphatic carbocycles. The smallest absolute Gasteiger partial charge is 0.209 e. The van der Waals surface area contributed by atoms with Gasteiger partial charge in [0.15, 0.2) is 17.2 Å². The Kier molecular flexibility index (Phi) is 9.67. The Balaban J connectivity index is 1.85. The van der Waals surface area contributed by atoms with Gasteiger partial charge in [-0.25, -0.2) is 8.42 Å². The second-order valence-corrected chi connectivity index (χ2v) is 12.2. The van der Waals surface area contributed by atoms with Gasteiger partial charge in [0.2, 0.25) is 21.3 Å². The number of sulfone groups is 1. The van der Waals surface area contributed by atoms with E-state index in [-0.39, 0.29) is 9.79 Å². The second kappa shape index (κ2) is 13.0. The van der Waals surface area contributed by atoms with E-state index in [0.29, 0.717) is 56.0 Å². The molecule has 1 heterocycles. The Morgan fingerprint density at radius 2 is 1.33 bits per heavy atom. The molecule has 0 radical (unpaired) electrons. The molecule has 0 aromatic heterocycles. The number of hydrogen-bond donors (Lipinski definition) is 0. The topological polar surface area (TPSA) is 74.1 Å². The molecule has 7 nitrogen and oxygen atoms in total. The Labute approximate surface area is 250 Å². The molecule has 0 fully saturated rings. The number of hydrogen-bond acceptors (Lipinski definition) is 6. The minimum absolute atomic E-state index is 0.282. The lowest BCUT2D eigenvalue weighted by Crippen LogP contribution is -2.27. The molecule has 1 aliphatic heterocycles. The van der Waals surface area contributed by atoms with Crippen molar-refractivity contribution in [3.63, 3.8) is 0 Å². The van der Waals surface area contributed by atoms with Crippen molar-refractivity contribution in [1.82, 2.24) is 0 Å². The van der Waals surface area contributed by atoms with Gasteiger partial charge in [0.05, 0.1) is 47.2 Å². The Hall–Kier alpha value is -3.78. The fourth-order valence-electron chi connectivity index (χ4n) is 5.43. The average Bonchev–Trinajstić information content (AvgIpc) is 3.20. The van der Waals surface area contributed by atoms with E-state index >= 15 is 0 Å². The van der Waals surface area contributed by atoms with Gasteiger partial charge in [0.1, 0.15) is 12.3 Å². The Morgan fingerprint density at radius 3 is 1.95 bits per heavy atom. The van der Waals surface area contributed by atoms with Crippen LogP contribution in [0.2, 0.25) is 0 Å². The summed E-state index contributed by atoms with van der Waals surface area (Å²) in [7, 11) is -3.66. The number of nitrogens with zero attached hydrogens (tertiary/aromatic N) is 1. The maximum Gasteiger partial charge on any atom is 0.209 e. The van der Waals surface area contributed by atoms with Gasteiger partial charge in [0.25, 0.3) is 0 Å². The summed E-state index contributed by atoms with van der Waals surface area (Å²) in [5.41, 5.74) is 3.26. The van der Waals surface area contributed by atoms with Crippen LogP contribution < -0.4 is 18.9 Å². The third-order valence-electron chi connectivity index (χ3n) is 7.33. The highest BCUT2D eigenvalue weighted by molar-refractivity contribution is 7.91. The summed E-state index contributed by atoms with van der Waals surface area (Å²) in [5.74, 6) is 2.33. The fourth-order valence-corrected chi connectivity index (χ4v) is 6.74. The normalized spacial score (nSPS) is 14.3. The van der Waals surface area contributed by atoms with E-state index in [1.54, 1.807) is 30.3 Å². The van der Waals surface area contributed by atoms with Crippen molar-refractivity contribution in [3.05, 3.63) is 71.8 Å². The lowest BCUT2D eigenvalue weighted by atomic mass is 9.81. The van der Waals surface area contributed by atoms with Crippen LogP contribution in [-0.4, -0.2) is 51.7 Å². The van der Waals surface area contributed by atoms with Gasteiger partial charge in [0, 0.05) is 23.8 Å². The molecule has 1 aliphatic rings. The first-order valence-corrected chi connectivity index (χ1v) is 16.1. The Morgan fingerprint density at radius 1 is 0.714 bits per heavy atom. The molecule has 224 valence electrons. The van der Waals surface area contributed by atoms with E-state index < -0.39 is 15.3 Å². The van der Waals surface area contributed by atoms with Gasteiger partial charge < -0.3 is 18.9 Å². The van der Waals surface area contributed by atoms with Gasteiger partial charge in [-0.15, -0.1) is 0 Å². The zero-order chi connectivity index (χ0) is 30.5. The van der Waals surface area contributed by atoms with Gasteiger partial charge in [-0.2, -0.15) is 4.58 Å². The number of ether oxygens (including phenoxy) is 4. The first-order valence-electron chi connectivity index (χ1n) is 14.6. The molecular formula is C34H42NO6S+. The van der Waals surface area contributed by atoms with Gasteiger partial charge >= 0.3 is 0 Å². The van der Waals surface area contributed by atoms with Crippen molar-refractivity contribution in [3.8, 4) is 23.0 Å². The predicted octanol–water partition coefficient (Wildman–Crippen LogP) is 7.22. The summed E-state index contributed by atoms with van der Waals surface area (Å²) in [4.78, 5) is 0.566. The van der Waals surface area contributed by atoms with Crippen LogP contribution in [0.5, 0.6) is 23.0 Å². The number of fused-ring (bicyclic) bond motifs is 1. The largest absolute Gasteiger partial charge is 0.493 e. The highest BCUT2D eigenvalue weighted by Crippen LogP contribution is 2.47. The molecule has 3 aromatic rings. The SMILES string of the molecule is CCOc1cc(OCC)c(OCC)c(OCC)c1C=CC1=[N+](CC)c2ccc(S(=O)(=O)c3ccccc3)cc2C1(C)C. The number of rotatable bonds is 13. The monoisotopic (exact) mass is 592 g/mol. The van der Waals surface area contributed by atoms with Gasteiger partial charge in [-0.3, -0.25) is 0 Å². The minimum Gasteiger partial charge on any atom is -0.493 e. The second-order valence-electron chi connectivity index (χ2n) is 10.3. The fraction of sp³-hybridized carbons (Fsp3) is 0.382. The van der Waals surface area contributed by atoms with E-state index in [2.05, 4.69) is 31.4 Å². The molecule has 8 heteroatoms. The zero-order valence-corrected chi connectivity index (χ0v) is 26.5. The van der Waals surface area contributed by atoms with E-state index in [9.17, 15) is 8.42 Å². The van der Waals surface area contributed by atoms with Crippen LogP contribution in [0.1, 0.15) is 59.6 Å². The summed E-state index contributed by atoms with van der Waals surface area (Å²) >= 11 is 0. The molecule has 0 amide bonds. The van der Waals surface area contributed by atoms with Crippen LogP contribution in [0.3, 0.4) is 0 Å². The highest BCUT2D eigenvalue weighted by atomic mass is 32.2. The van der Waals surface area contributed by atoms with Crippen LogP contribution in [0.15, 0.2) is 70.5 Å². The third kappa shape index (κ3) is 5.77. The first kappa shape index (κ1) is 31.2. The summed E-state index contributed by atoms with van der Waals surface area (Å²) in [5, 5.41) is 0. The van der Waals surface area contributed by atoms with Gasteiger partial charge in [-0.1, -0.05) is 18.2 Å². The number of allylic oxidation sites excluding steroid dienone is 1. The molecule has 3 aromatic carbocycles. The minimum atomic E-state index is -3.66. The molecule has 42 heavy (non-hydrogen) atoms. The van der Waals surface area contributed by atoms with Crippen molar-refractivity contribution >= 4 is 27.3 Å². The lowest BCUT2D eigenvalue weighted by Gasteiger charge is -2.20. The Bertz CT molecular complexity index is 1590. The molecular weight excluding hydrogens is 550 g/mol. The summed E-state index contributed by atoms with van der Waals surface area (Å²) < 4.78 is 53.3. The van der Waals surface area contributed by atoms with E-state index in [0.717, 1.165) is 22.5 Å². The molecule has 0 saturated heterocycles. The van der Waals surface area contributed by atoms with Crippen molar-refractivity contribution in [2.24, 2.45) is 0 Å². The van der Waals surface area contributed by atoms with Crippen LogP contribution in [0.4, 0.5) is 5.69 Å². The zero-order valence-electron chi connectivity index (χ0n) is 25.7. The summed E-state index contributed by atoms with van der Waals surface area (Å²) in [6.07, 6.45) is 4.08. The quantitative estimate of drug-likeness (QED) is 0.195. The van der Waals surface area contributed by atoms with E-state index in [1.165, 1.54) is 0 Å². The van der Waals surface area contributed by atoms with E-state index in [4.69, 9.17) is 18.9 Å². The highest BCUT2D eigenvalue weighted by Gasteiger charge is 2.44. The van der Waals surface area contributed by atoms with Gasteiger partial charge in [-0.05, 0) is 78.8 Å². The molecule has 0 N–H and O–H groups in total. The molecule has 0 bridgehead atoms. The van der Waals surface area contributed by atoms with Crippen molar-refractivity contribution in [1.29, 1.82) is 0 Å². The average molecular weight is 593 g/mol. The lowest BCUT2D eigenvalue weighted by molar-refractivity contribution is -0.433. The molecule has 0 unspecified atom stereocenters. The van der Waals surface area contributed by atoms with Crippen LogP contribution in [0, 0.1) is 0 Å². The summed E-state index contributed by atoms with van der Waals surface area (Å²) in [6, 6.07) is 15.9. The molecule has 0 atom stereocenters. The van der Waals surface area contributed by atoms with E-state index in [1.807, 2.05) is 58.0 Å². The predicted molar refractivity (Wildman–Crippen MR) is 167 cm³/mol. The first-order chi connectivity index (χ1) is 20.1. The maximum absolute atomic E-state index is 13.5. The van der Waals surface area contributed by atoms with Crippen molar-refractivity contribution in [2.75, 3.05) is 33.0 Å². The van der Waals surface area contributed by atoms with Crippen molar-refractivity contribution < 1.29 is 31.9 Å². The maximum atomic E-state index is 13.5. The molecule has 0 spiro atoms. The number of benzene rings is 3. The molecule has 4 rings (SSSR count). The van der Waals surface area contributed by atoms with Crippen molar-refractivity contribution in [2.45, 2.75) is 63.7 Å². The standard InChI is InChI=1S/C34H42NO6S/c1-8-35-28-20-18-25(42(36,37)24-16-14-13-15-17-24)22-27(28)34(6,7)31(35)21-19-26-29(38-9-2)23-30(39-10-3)33(41-12-5)32(26)40-11-4/h13-23H,8-12H2,1-7H3/q+1. The molecule has 0 saturated carbocycles.